The van der Waals surface area contributed by atoms with Crippen molar-refractivity contribution >= 4 is 38.9 Å². The molecular weight excluding hydrogens is 434 g/mol. The molecule has 33 heavy (non-hydrogen) atoms. The van der Waals surface area contributed by atoms with Gasteiger partial charge in [0, 0.05) is 55.1 Å². The molecule has 2 aliphatic rings. The van der Waals surface area contributed by atoms with Crippen LogP contribution < -0.4 is 10.6 Å². The Bertz CT molecular complexity index is 1310. The van der Waals surface area contributed by atoms with Gasteiger partial charge in [-0.05, 0) is 44.7 Å². The summed E-state index contributed by atoms with van der Waals surface area (Å²) < 4.78 is 1.85. The first-order valence-corrected chi connectivity index (χ1v) is 12.4. The van der Waals surface area contributed by atoms with Crippen LogP contribution >= 0.6 is 11.3 Å². The summed E-state index contributed by atoms with van der Waals surface area (Å²) in [5, 5.41) is 5.87. The van der Waals surface area contributed by atoms with Gasteiger partial charge in [-0.1, -0.05) is 6.07 Å². The second-order valence-electron chi connectivity index (χ2n) is 9.13. The van der Waals surface area contributed by atoms with Gasteiger partial charge in [0.1, 0.15) is 10.6 Å². The summed E-state index contributed by atoms with van der Waals surface area (Å²) in [4.78, 5) is 28.7. The van der Waals surface area contributed by atoms with E-state index in [9.17, 15) is 4.79 Å². The van der Waals surface area contributed by atoms with Gasteiger partial charge in [0.05, 0.1) is 16.6 Å². The van der Waals surface area contributed by atoms with Crippen molar-refractivity contribution in [2.45, 2.75) is 44.7 Å². The normalized spacial score (nSPS) is 21.4. The smallest absolute Gasteiger partial charge is 0.264 e. The first-order chi connectivity index (χ1) is 16.1. The number of thiophene rings is 1. The van der Waals surface area contributed by atoms with Crippen molar-refractivity contribution in [2.24, 2.45) is 5.73 Å². The van der Waals surface area contributed by atoms with Crippen molar-refractivity contribution in [3.8, 4) is 0 Å². The number of amides is 1. The van der Waals surface area contributed by atoms with E-state index in [-0.39, 0.29) is 18.0 Å². The molecule has 2 aliphatic heterocycles. The monoisotopic (exact) mass is 461 g/mol. The fourth-order valence-corrected chi connectivity index (χ4v) is 6.04. The lowest BCUT2D eigenvalue weighted by Gasteiger charge is -2.34. The van der Waals surface area contributed by atoms with Crippen molar-refractivity contribution in [3.05, 3.63) is 52.8 Å². The average molecular weight is 462 g/mol. The zero-order valence-corrected chi connectivity index (χ0v) is 19.5. The van der Waals surface area contributed by atoms with Crippen molar-refractivity contribution in [3.63, 3.8) is 0 Å². The Kier molecular flexibility index (Phi) is 5.03. The SMILES string of the molecule is Cc1cn2nc([C@@H]3CCCCN3C(=O)c3cc4cccnc4s3)cc2nc1N1CC[C@H](N)C1. The number of fused-ring (bicyclic) bond motifs is 2. The lowest BCUT2D eigenvalue weighted by Crippen LogP contribution is -2.38. The first-order valence-electron chi connectivity index (χ1n) is 11.6. The maximum Gasteiger partial charge on any atom is 0.264 e. The average Bonchev–Trinajstić information content (AvgIpc) is 3.55. The predicted octanol–water partition coefficient (Wildman–Crippen LogP) is 3.55. The van der Waals surface area contributed by atoms with E-state index in [1.165, 1.54) is 11.3 Å². The molecule has 2 saturated heterocycles. The third-order valence-corrected chi connectivity index (χ3v) is 7.80. The molecule has 0 spiro atoms. The lowest BCUT2D eigenvalue weighted by atomic mass is 9.99. The van der Waals surface area contributed by atoms with Crippen LogP contribution in [0, 0.1) is 6.92 Å². The van der Waals surface area contributed by atoms with Gasteiger partial charge < -0.3 is 15.5 Å². The molecule has 2 fully saturated rings. The number of rotatable bonds is 3. The lowest BCUT2D eigenvalue weighted by molar-refractivity contribution is 0.0611. The number of carbonyl (C=O) groups is 1. The molecule has 4 aromatic heterocycles. The van der Waals surface area contributed by atoms with Crippen LogP contribution in [0.2, 0.25) is 0 Å². The van der Waals surface area contributed by atoms with Crippen LogP contribution in [0.5, 0.6) is 0 Å². The zero-order valence-electron chi connectivity index (χ0n) is 18.6. The summed E-state index contributed by atoms with van der Waals surface area (Å²) >= 11 is 1.46. The van der Waals surface area contributed by atoms with Crippen LogP contribution in [-0.4, -0.2) is 56.1 Å². The van der Waals surface area contributed by atoms with E-state index < -0.39 is 0 Å². The molecule has 0 unspecified atom stereocenters. The minimum atomic E-state index is -0.0462. The third-order valence-electron chi connectivity index (χ3n) is 6.76. The number of anilines is 1. The highest BCUT2D eigenvalue weighted by Gasteiger charge is 2.32. The molecule has 2 N–H and O–H groups in total. The summed E-state index contributed by atoms with van der Waals surface area (Å²) in [5.41, 5.74) is 8.92. The zero-order chi connectivity index (χ0) is 22.5. The largest absolute Gasteiger partial charge is 0.355 e. The summed E-state index contributed by atoms with van der Waals surface area (Å²) in [6.07, 6.45) is 7.80. The molecule has 6 rings (SSSR count). The van der Waals surface area contributed by atoms with Gasteiger partial charge in [0.15, 0.2) is 5.65 Å². The number of pyridine rings is 1. The minimum Gasteiger partial charge on any atom is -0.355 e. The number of piperidine rings is 1. The van der Waals surface area contributed by atoms with Crippen LogP contribution in [-0.2, 0) is 0 Å². The molecule has 0 radical (unpaired) electrons. The Morgan fingerprint density at radius 3 is 2.94 bits per heavy atom. The Labute approximate surface area is 196 Å². The van der Waals surface area contributed by atoms with E-state index in [0.717, 1.165) is 83.1 Å². The number of aromatic nitrogens is 4. The van der Waals surface area contributed by atoms with E-state index in [1.807, 2.05) is 39.9 Å². The molecule has 0 aliphatic carbocycles. The summed E-state index contributed by atoms with van der Waals surface area (Å²) in [7, 11) is 0. The van der Waals surface area contributed by atoms with E-state index in [0.29, 0.717) is 0 Å². The molecule has 9 heteroatoms. The number of likely N-dealkylation sites (tertiary alicyclic amines) is 1. The highest BCUT2D eigenvalue weighted by Crippen LogP contribution is 2.34. The molecule has 2 atom stereocenters. The van der Waals surface area contributed by atoms with Crippen molar-refractivity contribution in [2.75, 3.05) is 24.5 Å². The molecule has 6 heterocycles. The predicted molar refractivity (Wildman–Crippen MR) is 130 cm³/mol. The molecule has 8 nitrogen and oxygen atoms in total. The molecule has 0 saturated carbocycles. The highest BCUT2D eigenvalue weighted by molar-refractivity contribution is 7.20. The molecular formula is C24H27N7OS. The van der Waals surface area contributed by atoms with Crippen LogP contribution in [0.4, 0.5) is 5.82 Å². The van der Waals surface area contributed by atoms with Gasteiger partial charge in [0.2, 0.25) is 0 Å². The Morgan fingerprint density at radius 1 is 1.21 bits per heavy atom. The van der Waals surface area contributed by atoms with Crippen molar-refractivity contribution in [1.29, 1.82) is 0 Å². The molecule has 1 amide bonds. The fraction of sp³-hybridized carbons (Fsp3) is 0.417. The van der Waals surface area contributed by atoms with Gasteiger partial charge >= 0.3 is 0 Å². The maximum atomic E-state index is 13.5. The Hall–Kier alpha value is -3.04. The van der Waals surface area contributed by atoms with Gasteiger partial charge in [-0.2, -0.15) is 5.10 Å². The van der Waals surface area contributed by atoms with Crippen LogP contribution in [0.25, 0.3) is 15.9 Å². The van der Waals surface area contributed by atoms with Gasteiger partial charge in [-0.15, -0.1) is 11.3 Å². The molecule has 170 valence electrons. The van der Waals surface area contributed by atoms with Crippen LogP contribution in [0.3, 0.4) is 0 Å². The number of nitrogens with zero attached hydrogens (tertiary/aromatic N) is 6. The van der Waals surface area contributed by atoms with E-state index >= 15 is 0 Å². The number of aryl methyl sites for hydroxylation is 1. The minimum absolute atomic E-state index is 0.0462. The third kappa shape index (κ3) is 3.65. The van der Waals surface area contributed by atoms with Crippen molar-refractivity contribution < 1.29 is 4.79 Å². The Balaban J connectivity index is 1.33. The van der Waals surface area contributed by atoms with E-state index in [1.54, 1.807) is 6.20 Å². The van der Waals surface area contributed by atoms with Crippen molar-refractivity contribution in [1.82, 2.24) is 24.5 Å². The summed E-state index contributed by atoms with van der Waals surface area (Å²) in [5.74, 6) is 1.05. The molecule has 4 aromatic rings. The fourth-order valence-electron chi connectivity index (χ4n) is 5.08. The van der Waals surface area contributed by atoms with Crippen LogP contribution in [0.15, 0.2) is 36.7 Å². The quantitative estimate of drug-likeness (QED) is 0.502. The van der Waals surface area contributed by atoms with Gasteiger partial charge in [-0.25, -0.2) is 14.5 Å². The number of carbonyl (C=O) groups excluding carboxylic acids is 1. The van der Waals surface area contributed by atoms with Gasteiger partial charge in [0.25, 0.3) is 5.91 Å². The van der Waals surface area contributed by atoms with E-state index in [4.69, 9.17) is 15.8 Å². The van der Waals surface area contributed by atoms with Gasteiger partial charge in [-0.3, -0.25) is 4.79 Å². The molecule has 0 bridgehead atoms. The Morgan fingerprint density at radius 2 is 2.12 bits per heavy atom. The maximum absolute atomic E-state index is 13.5. The topological polar surface area (TPSA) is 92.6 Å². The summed E-state index contributed by atoms with van der Waals surface area (Å²) in [6.45, 7) is 4.57. The number of hydrogen-bond donors (Lipinski definition) is 1. The number of hydrogen-bond acceptors (Lipinski definition) is 7. The number of nitrogens with two attached hydrogens (primary N) is 1. The first kappa shape index (κ1) is 20.6. The molecule has 0 aromatic carbocycles. The highest BCUT2D eigenvalue weighted by atomic mass is 32.1. The van der Waals surface area contributed by atoms with Crippen LogP contribution in [0.1, 0.15) is 52.7 Å². The van der Waals surface area contributed by atoms with E-state index in [2.05, 4.69) is 16.8 Å². The summed E-state index contributed by atoms with van der Waals surface area (Å²) in [6, 6.07) is 8.07. The second-order valence-corrected chi connectivity index (χ2v) is 10.2. The standard InChI is InChI=1S/C24H27N7OS/c1-15-13-31-21(27-22(15)29-10-7-17(25)14-29)12-18(28-31)19-6-2-3-9-30(19)24(32)20-11-16-5-4-8-26-23(16)33-20/h4-5,8,11-13,17,19H,2-3,6-7,9-10,14,25H2,1H3/t17-,19-/m0/s1. The second kappa shape index (κ2) is 8.07.